The molecule has 0 aromatic heterocycles. The normalized spacial score (nSPS) is 10.7. The van der Waals surface area contributed by atoms with E-state index in [1.54, 1.807) is 12.1 Å². The van der Waals surface area contributed by atoms with Crippen LogP contribution in [-0.2, 0) is 4.57 Å². The minimum atomic E-state index is -0.690. The smallest absolute Gasteiger partial charge is 0.269 e. The third kappa shape index (κ3) is 3.27. The first-order valence-electron chi connectivity index (χ1n) is 5.84. The van der Waals surface area contributed by atoms with E-state index in [2.05, 4.69) is 0 Å². The van der Waals surface area contributed by atoms with Gasteiger partial charge in [0.25, 0.3) is 11.4 Å². The zero-order valence-electron chi connectivity index (χ0n) is 10.6. The van der Waals surface area contributed by atoms with Crippen molar-refractivity contribution in [2.24, 2.45) is 0 Å². The van der Waals surface area contributed by atoms with Crippen LogP contribution in [0.15, 0.2) is 48.5 Å². The highest BCUT2D eigenvalue weighted by atomic mass is 31.1. The summed E-state index contributed by atoms with van der Waals surface area (Å²) < 4.78 is 11.4. The van der Waals surface area contributed by atoms with Gasteiger partial charge in [-0.25, -0.2) is 0 Å². The van der Waals surface area contributed by atoms with Crippen molar-refractivity contribution < 1.29 is 14.4 Å². The zero-order chi connectivity index (χ0) is 15.4. The highest BCUT2D eigenvalue weighted by Crippen LogP contribution is 2.36. The third-order valence-electron chi connectivity index (χ3n) is 2.90. The maximum absolute atomic E-state index is 11.4. The fourth-order valence-corrected chi connectivity index (χ4v) is 2.50. The lowest BCUT2D eigenvalue weighted by molar-refractivity contribution is -0.385. The number of nitrogens with zero attached hydrogens (tertiary/aromatic N) is 2. The quantitative estimate of drug-likeness (QED) is 0.473. The van der Waals surface area contributed by atoms with Gasteiger partial charge in [0, 0.05) is 24.3 Å². The summed E-state index contributed by atoms with van der Waals surface area (Å²) in [5.74, 6) is 0. The Labute approximate surface area is 120 Å². The number of hydrogen-bond acceptors (Lipinski definition) is 5. The predicted molar refractivity (Wildman–Crippen MR) is 75.6 cm³/mol. The molecule has 0 spiro atoms. The second-order valence-electron chi connectivity index (χ2n) is 4.21. The summed E-state index contributed by atoms with van der Waals surface area (Å²) >= 11 is 0. The Morgan fingerprint density at radius 1 is 0.857 bits per heavy atom. The molecule has 2 aromatic rings. The van der Waals surface area contributed by atoms with E-state index in [0.717, 1.165) is 0 Å². The van der Waals surface area contributed by atoms with Gasteiger partial charge in [-0.15, -0.1) is 0 Å². The van der Waals surface area contributed by atoms with Gasteiger partial charge in [0.05, 0.1) is 15.5 Å². The molecule has 0 radical (unpaired) electrons. The molecule has 8 heteroatoms. The lowest BCUT2D eigenvalue weighted by Gasteiger charge is -2.09. The molecule has 0 bridgehead atoms. The van der Waals surface area contributed by atoms with Crippen molar-refractivity contribution in [2.45, 2.75) is 5.66 Å². The van der Waals surface area contributed by atoms with Crippen LogP contribution in [0.2, 0.25) is 0 Å². The van der Waals surface area contributed by atoms with Crippen LogP contribution in [0.1, 0.15) is 16.8 Å². The van der Waals surface area contributed by atoms with E-state index < -0.39 is 15.5 Å². The summed E-state index contributed by atoms with van der Waals surface area (Å²) in [7, 11) is -0.295. The highest BCUT2D eigenvalue weighted by molar-refractivity contribution is 7.24. The summed E-state index contributed by atoms with van der Waals surface area (Å²) in [5.41, 5.74) is -0.00862. The Bertz CT molecular complexity index is 662. The molecule has 0 aliphatic rings. The van der Waals surface area contributed by atoms with Crippen LogP contribution in [0.3, 0.4) is 0 Å². The molecule has 7 nitrogen and oxygen atoms in total. The lowest BCUT2D eigenvalue weighted by atomic mass is 10.0. The number of nitro groups is 2. The molecule has 0 fully saturated rings. The lowest BCUT2D eigenvalue weighted by Crippen LogP contribution is -1.97. The number of hydrogen-bond donors (Lipinski definition) is 0. The Kier molecular flexibility index (Phi) is 4.35. The first kappa shape index (κ1) is 14.7. The fourth-order valence-electron chi connectivity index (χ4n) is 1.93. The van der Waals surface area contributed by atoms with Gasteiger partial charge in [-0.3, -0.25) is 24.8 Å². The van der Waals surface area contributed by atoms with Crippen LogP contribution in [0.25, 0.3) is 0 Å². The van der Waals surface area contributed by atoms with Crippen LogP contribution in [0, 0.1) is 20.2 Å². The maximum Gasteiger partial charge on any atom is 0.269 e. The van der Waals surface area contributed by atoms with Crippen molar-refractivity contribution >= 4 is 19.8 Å². The molecule has 0 saturated carbocycles. The van der Waals surface area contributed by atoms with Crippen molar-refractivity contribution in [3.05, 3.63) is 79.9 Å². The summed E-state index contributed by atoms with van der Waals surface area (Å²) in [4.78, 5) is 20.5. The van der Waals surface area contributed by atoms with E-state index >= 15 is 0 Å². The SMILES string of the molecule is O=PC(c1cccc([N+](=O)[O-])c1)c1cccc([N+](=O)[O-])c1. The first-order valence-corrected chi connectivity index (χ1v) is 6.72. The van der Waals surface area contributed by atoms with Gasteiger partial charge in [0.15, 0.2) is 8.46 Å². The molecule has 2 rings (SSSR count). The van der Waals surface area contributed by atoms with E-state index in [1.807, 2.05) is 0 Å². The Hall–Kier alpha value is -2.66. The molecule has 0 aliphatic carbocycles. The van der Waals surface area contributed by atoms with Gasteiger partial charge in [0.2, 0.25) is 0 Å². The van der Waals surface area contributed by atoms with Gasteiger partial charge >= 0.3 is 0 Å². The van der Waals surface area contributed by atoms with E-state index in [9.17, 15) is 24.8 Å². The molecule has 0 saturated heterocycles. The summed E-state index contributed by atoms with van der Waals surface area (Å²) in [6.45, 7) is 0. The van der Waals surface area contributed by atoms with Crippen LogP contribution >= 0.6 is 8.46 Å². The largest absolute Gasteiger partial charge is 0.274 e. The first-order chi connectivity index (χ1) is 10.0. The second-order valence-corrected chi connectivity index (χ2v) is 4.94. The number of non-ortho nitro benzene ring substituents is 2. The van der Waals surface area contributed by atoms with Gasteiger partial charge in [-0.05, 0) is 11.1 Å². The Balaban J connectivity index is 2.46. The van der Waals surface area contributed by atoms with Crippen molar-refractivity contribution in [1.29, 1.82) is 0 Å². The van der Waals surface area contributed by atoms with Crippen molar-refractivity contribution in [2.75, 3.05) is 0 Å². The average Bonchev–Trinajstić information content (AvgIpc) is 2.48. The van der Waals surface area contributed by atoms with Crippen molar-refractivity contribution in [3.63, 3.8) is 0 Å². The molecule has 0 amide bonds. The standard InChI is InChI=1S/C13H9N2O5P/c16-14(17)11-5-1-3-9(7-11)13(21-20)10-4-2-6-12(8-10)15(18)19/h1-8,13H. The summed E-state index contributed by atoms with van der Waals surface area (Å²) in [6, 6.07) is 11.5. The topological polar surface area (TPSA) is 103 Å². The minimum absolute atomic E-state index is 0.119. The number of benzene rings is 2. The van der Waals surface area contributed by atoms with Gasteiger partial charge in [-0.1, -0.05) is 24.3 Å². The van der Waals surface area contributed by atoms with Gasteiger partial charge in [-0.2, -0.15) is 0 Å². The van der Waals surface area contributed by atoms with E-state index in [-0.39, 0.29) is 19.8 Å². The maximum atomic E-state index is 11.4. The third-order valence-corrected chi connectivity index (χ3v) is 3.71. The molecule has 0 atom stereocenters. The molecule has 106 valence electrons. The van der Waals surface area contributed by atoms with E-state index in [0.29, 0.717) is 11.1 Å². The molecule has 0 N–H and O–H groups in total. The Morgan fingerprint density at radius 3 is 1.62 bits per heavy atom. The minimum Gasteiger partial charge on any atom is -0.274 e. The summed E-state index contributed by atoms with van der Waals surface area (Å²) in [5, 5.41) is 21.6. The predicted octanol–water partition coefficient (Wildman–Crippen LogP) is 3.88. The van der Waals surface area contributed by atoms with Crippen molar-refractivity contribution in [3.8, 4) is 0 Å². The number of rotatable bonds is 5. The van der Waals surface area contributed by atoms with Crippen LogP contribution in [0.5, 0.6) is 0 Å². The monoisotopic (exact) mass is 304 g/mol. The van der Waals surface area contributed by atoms with Gasteiger partial charge in [0.1, 0.15) is 0 Å². The zero-order valence-corrected chi connectivity index (χ0v) is 11.5. The van der Waals surface area contributed by atoms with Crippen LogP contribution in [0.4, 0.5) is 11.4 Å². The molecule has 0 heterocycles. The fraction of sp³-hybridized carbons (Fsp3) is 0.0769. The molecule has 2 aromatic carbocycles. The average molecular weight is 304 g/mol. The Morgan fingerprint density at radius 2 is 1.29 bits per heavy atom. The molecular weight excluding hydrogens is 295 g/mol. The molecule has 0 unspecified atom stereocenters. The van der Waals surface area contributed by atoms with Crippen molar-refractivity contribution in [1.82, 2.24) is 0 Å². The van der Waals surface area contributed by atoms with Crippen LogP contribution < -0.4 is 0 Å². The second kappa shape index (κ2) is 6.19. The molecule has 0 aliphatic heterocycles. The van der Waals surface area contributed by atoms with Gasteiger partial charge < -0.3 is 0 Å². The summed E-state index contributed by atoms with van der Waals surface area (Å²) in [6.07, 6.45) is 0. The molecule has 21 heavy (non-hydrogen) atoms. The van der Waals surface area contributed by atoms with E-state index in [4.69, 9.17) is 0 Å². The highest BCUT2D eigenvalue weighted by Gasteiger charge is 2.19. The van der Waals surface area contributed by atoms with E-state index in [1.165, 1.54) is 36.4 Å². The number of nitro benzene ring substituents is 2. The van der Waals surface area contributed by atoms with Crippen LogP contribution in [-0.4, -0.2) is 9.85 Å². The molecular formula is C13H9N2O5P.